The van der Waals surface area contributed by atoms with E-state index in [1.165, 1.54) is 0 Å². The monoisotopic (exact) mass is 427 g/mol. The number of aromatic nitrogens is 2. The molecule has 2 N–H and O–H groups in total. The molecule has 0 saturated heterocycles. The Morgan fingerprint density at radius 2 is 1.87 bits per heavy atom. The predicted octanol–water partition coefficient (Wildman–Crippen LogP) is 4.44. The number of halogens is 1. The molecule has 1 aromatic heterocycles. The minimum Gasteiger partial charge on any atom is -0.508 e. The number of phenolic OH excluding ortho intramolecular Hbond substituents is 1. The number of hydrogen-bond acceptors (Lipinski definition) is 6. The van der Waals surface area contributed by atoms with Crippen LogP contribution in [0.25, 0.3) is 11.4 Å². The second kappa shape index (κ2) is 9.60. The molecule has 0 unspecified atom stereocenters. The fraction of sp³-hybridized carbons (Fsp3) is 0.391. The van der Waals surface area contributed by atoms with E-state index in [1.807, 2.05) is 36.4 Å². The zero-order valence-corrected chi connectivity index (χ0v) is 17.5. The highest BCUT2D eigenvalue weighted by molar-refractivity contribution is 6.30. The normalized spacial score (nSPS) is 19.3. The molecule has 6 nitrogen and oxygen atoms in total. The number of nitrogens with zero attached hydrogens (tertiary/aromatic N) is 3. The SMILES string of the molecule is Oc1cccc(CN(CCc2nc(-c3cccc(Cl)c3)no2)C2CCC(O)CC2)c1. The van der Waals surface area contributed by atoms with Crippen molar-refractivity contribution in [2.24, 2.45) is 0 Å². The van der Waals surface area contributed by atoms with Crippen molar-refractivity contribution in [3.63, 3.8) is 0 Å². The highest BCUT2D eigenvalue weighted by Crippen LogP contribution is 2.26. The summed E-state index contributed by atoms with van der Waals surface area (Å²) in [5.41, 5.74) is 1.89. The molecule has 158 valence electrons. The zero-order chi connectivity index (χ0) is 20.9. The first-order valence-electron chi connectivity index (χ1n) is 10.4. The molecular formula is C23H26ClN3O3. The molecular weight excluding hydrogens is 402 g/mol. The summed E-state index contributed by atoms with van der Waals surface area (Å²) in [7, 11) is 0. The molecule has 1 fully saturated rings. The van der Waals surface area contributed by atoms with Crippen molar-refractivity contribution in [1.82, 2.24) is 15.0 Å². The Hall–Kier alpha value is -2.41. The van der Waals surface area contributed by atoms with E-state index in [4.69, 9.17) is 16.1 Å². The smallest absolute Gasteiger partial charge is 0.228 e. The minimum atomic E-state index is -0.194. The maximum atomic E-state index is 9.88. The van der Waals surface area contributed by atoms with Gasteiger partial charge in [0.25, 0.3) is 0 Å². The average molecular weight is 428 g/mol. The number of aromatic hydroxyl groups is 1. The largest absolute Gasteiger partial charge is 0.508 e. The highest BCUT2D eigenvalue weighted by Gasteiger charge is 2.25. The van der Waals surface area contributed by atoms with Crippen LogP contribution in [0.3, 0.4) is 0 Å². The van der Waals surface area contributed by atoms with Crippen LogP contribution in [0, 0.1) is 0 Å². The third kappa shape index (κ3) is 5.39. The van der Waals surface area contributed by atoms with Crippen molar-refractivity contribution in [2.75, 3.05) is 6.54 Å². The van der Waals surface area contributed by atoms with Gasteiger partial charge in [0.2, 0.25) is 11.7 Å². The molecule has 0 radical (unpaired) electrons. The number of phenols is 1. The lowest BCUT2D eigenvalue weighted by Crippen LogP contribution is -2.39. The Morgan fingerprint density at radius 1 is 1.07 bits per heavy atom. The van der Waals surface area contributed by atoms with Gasteiger partial charge in [-0.05, 0) is 55.5 Å². The van der Waals surface area contributed by atoms with E-state index in [1.54, 1.807) is 12.1 Å². The number of rotatable bonds is 7. The van der Waals surface area contributed by atoms with E-state index in [-0.39, 0.29) is 11.9 Å². The van der Waals surface area contributed by atoms with Gasteiger partial charge >= 0.3 is 0 Å². The van der Waals surface area contributed by atoms with E-state index >= 15 is 0 Å². The molecule has 0 atom stereocenters. The minimum absolute atomic E-state index is 0.194. The van der Waals surface area contributed by atoms with Crippen LogP contribution in [0.15, 0.2) is 53.1 Å². The van der Waals surface area contributed by atoms with E-state index in [9.17, 15) is 10.2 Å². The lowest BCUT2D eigenvalue weighted by molar-refractivity contribution is 0.0696. The molecule has 1 saturated carbocycles. The van der Waals surface area contributed by atoms with Crippen molar-refractivity contribution in [1.29, 1.82) is 0 Å². The molecule has 2 aromatic carbocycles. The maximum absolute atomic E-state index is 9.88. The van der Waals surface area contributed by atoms with Gasteiger partial charge in [0.1, 0.15) is 5.75 Å². The highest BCUT2D eigenvalue weighted by atomic mass is 35.5. The van der Waals surface area contributed by atoms with Crippen molar-refractivity contribution in [3.05, 3.63) is 65.0 Å². The van der Waals surface area contributed by atoms with E-state index in [0.29, 0.717) is 29.2 Å². The Kier molecular flexibility index (Phi) is 6.67. The summed E-state index contributed by atoms with van der Waals surface area (Å²) in [5.74, 6) is 1.39. The fourth-order valence-corrected chi connectivity index (χ4v) is 4.23. The Labute approximate surface area is 181 Å². The van der Waals surface area contributed by atoms with Gasteiger partial charge in [-0.25, -0.2) is 0 Å². The summed E-state index contributed by atoms with van der Waals surface area (Å²) in [5, 5.41) is 24.4. The molecule has 0 amide bonds. The van der Waals surface area contributed by atoms with Crippen LogP contribution in [-0.4, -0.2) is 43.9 Å². The third-order valence-electron chi connectivity index (χ3n) is 5.64. The first kappa shape index (κ1) is 20.8. The van der Waals surface area contributed by atoms with E-state index in [2.05, 4.69) is 15.0 Å². The number of benzene rings is 2. The van der Waals surface area contributed by atoms with Crippen LogP contribution in [0.1, 0.15) is 37.1 Å². The van der Waals surface area contributed by atoms with Crippen molar-refractivity contribution >= 4 is 11.6 Å². The molecule has 4 rings (SSSR count). The van der Waals surface area contributed by atoms with Gasteiger partial charge in [-0.1, -0.05) is 41.0 Å². The number of aliphatic hydroxyl groups is 1. The first-order valence-corrected chi connectivity index (χ1v) is 10.7. The van der Waals surface area contributed by atoms with Gasteiger partial charge in [0.05, 0.1) is 6.10 Å². The zero-order valence-electron chi connectivity index (χ0n) is 16.7. The van der Waals surface area contributed by atoms with Crippen LogP contribution >= 0.6 is 11.6 Å². The summed E-state index contributed by atoms with van der Waals surface area (Å²) in [4.78, 5) is 6.92. The fourth-order valence-electron chi connectivity index (χ4n) is 4.04. The van der Waals surface area contributed by atoms with E-state index in [0.717, 1.165) is 49.9 Å². The summed E-state index contributed by atoms with van der Waals surface area (Å²) in [6, 6.07) is 15.1. The molecule has 7 heteroatoms. The second-order valence-corrected chi connectivity index (χ2v) is 8.31. The maximum Gasteiger partial charge on any atom is 0.228 e. The van der Waals surface area contributed by atoms with Crippen molar-refractivity contribution in [3.8, 4) is 17.1 Å². The van der Waals surface area contributed by atoms with Gasteiger partial charge in [0, 0.05) is 36.1 Å². The number of hydrogen-bond donors (Lipinski definition) is 2. The molecule has 0 spiro atoms. The average Bonchev–Trinajstić information content (AvgIpc) is 3.21. The first-order chi connectivity index (χ1) is 14.6. The molecule has 1 aliphatic carbocycles. The molecule has 30 heavy (non-hydrogen) atoms. The summed E-state index contributed by atoms with van der Waals surface area (Å²) >= 11 is 6.06. The summed E-state index contributed by atoms with van der Waals surface area (Å²) in [6.45, 7) is 1.48. The molecule has 1 heterocycles. The van der Waals surface area contributed by atoms with Gasteiger partial charge < -0.3 is 14.7 Å². The van der Waals surface area contributed by atoms with Gasteiger partial charge in [-0.15, -0.1) is 0 Å². The predicted molar refractivity (Wildman–Crippen MR) is 115 cm³/mol. The molecule has 0 bridgehead atoms. The standard InChI is InChI=1S/C23H26ClN3O3/c24-18-5-2-4-17(14-18)23-25-22(30-26-23)11-12-27(19-7-9-20(28)10-8-19)15-16-3-1-6-21(29)13-16/h1-6,13-14,19-20,28-29H,7-12,15H2. The topological polar surface area (TPSA) is 82.6 Å². The van der Waals surface area contributed by atoms with Crippen LogP contribution in [-0.2, 0) is 13.0 Å². The van der Waals surface area contributed by atoms with Crippen molar-refractivity contribution in [2.45, 2.75) is 50.8 Å². The van der Waals surface area contributed by atoms with Crippen LogP contribution in [0.4, 0.5) is 0 Å². The van der Waals surface area contributed by atoms with Crippen LogP contribution in [0.2, 0.25) is 5.02 Å². The van der Waals surface area contributed by atoms with Crippen molar-refractivity contribution < 1.29 is 14.7 Å². The Bertz CT molecular complexity index is 970. The lowest BCUT2D eigenvalue weighted by Gasteiger charge is -2.35. The molecule has 1 aliphatic rings. The van der Waals surface area contributed by atoms with Gasteiger partial charge in [0.15, 0.2) is 0 Å². The van der Waals surface area contributed by atoms with Crippen LogP contribution < -0.4 is 0 Å². The number of aliphatic hydroxyl groups excluding tert-OH is 1. The Morgan fingerprint density at radius 3 is 2.63 bits per heavy atom. The van der Waals surface area contributed by atoms with Gasteiger partial charge in [-0.2, -0.15) is 4.98 Å². The second-order valence-electron chi connectivity index (χ2n) is 7.87. The Balaban J connectivity index is 1.45. The van der Waals surface area contributed by atoms with Crippen LogP contribution in [0.5, 0.6) is 5.75 Å². The summed E-state index contributed by atoms with van der Waals surface area (Å²) < 4.78 is 5.47. The molecule has 0 aliphatic heterocycles. The molecule has 3 aromatic rings. The third-order valence-corrected chi connectivity index (χ3v) is 5.88. The van der Waals surface area contributed by atoms with Gasteiger partial charge in [-0.3, -0.25) is 4.90 Å². The van der Waals surface area contributed by atoms with E-state index < -0.39 is 0 Å². The summed E-state index contributed by atoms with van der Waals surface area (Å²) in [6.07, 6.45) is 3.99. The lowest BCUT2D eigenvalue weighted by atomic mass is 9.91. The quantitative estimate of drug-likeness (QED) is 0.579.